The van der Waals surface area contributed by atoms with Gasteiger partial charge in [0.15, 0.2) is 15.7 Å². The van der Waals surface area contributed by atoms with Crippen molar-refractivity contribution in [2.75, 3.05) is 19.3 Å². The molecule has 33 heavy (non-hydrogen) atoms. The van der Waals surface area contributed by atoms with Gasteiger partial charge in [-0.05, 0) is 57.4 Å². The molecule has 0 aliphatic carbocycles. The van der Waals surface area contributed by atoms with Gasteiger partial charge >= 0.3 is 6.09 Å². The van der Waals surface area contributed by atoms with Crippen LogP contribution in [0.1, 0.15) is 51.2 Å². The molecule has 8 nitrogen and oxygen atoms in total. The van der Waals surface area contributed by atoms with Crippen LogP contribution < -0.4 is 4.74 Å². The van der Waals surface area contributed by atoms with E-state index in [4.69, 9.17) is 9.47 Å². The number of aryl methyl sites for hydroxylation is 1. The van der Waals surface area contributed by atoms with Gasteiger partial charge < -0.3 is 14.4 Å². The van der Waals surface area contributed by atoms with Gasteiger partial charge in [-0.15, -0.1) is 0 Å². The highest BCUT2D eigenvalue weighted by Gasteiger charge is 2.41. The quantitative estimate of drug-likeness (QED) is 0.669. The molecule has 1 amide bonds. The lowest BCUT2D eigenvalue weighted by molar-refractivity contribution is -0.0272. The Morgan fingerprint density at radius 3 is 2.42 bits per heavy atom. The SMILES string of the molecule is CC(C)(C)OC(=O)N1CCC2(CCc3cc(-c4ncc(CS(C)(=O)=O)cn4)ccc3O2)CC1. The zero-order valence-corrected chi connectivity index (χ0v) is 20.4. The maximum Gasteiger partial charge on any atom is 0.410 e. The molecule has 1 aromatic carbocycles. The summed E-state index contributed by atoms with van der Waals surface area (Å²) >= 11 is 0. The van der Waals surface area contributed by atoms with Gasteiger partial charge in [0, 0.05) is 55.7 Å². The number of likely N-dealkylation sites (tertiary alicyclic amines) is 1. The molecule has 2 aromatic rings. The summed E-state index contributed by atoms with van der Waals surface area (Å²) in [7, 11) is -3.12. The molecule has 1 aromatic heterocycles. The molecule has 1 saturated heterocycles. The molecular weight excluding hydrogens is 442 g/mol. The average Bonchev–Trinajstić information content (AvgIpc) is 2.72. The van der Waals surface area contributed by atoms with Crippen LogP contribution in [0.5, 0.6) is 5.75 Å². The first-order chi connectivity index (χ1) is 15.4. The Kier molecular flexibility index (Phi) is 6.11. The zero-order valence-electron chi connectivity index (χ0n) is 19.6. The van der Waals surface area contributed by atoms with Crippen LogP contribution >= 0.6 is 0 Å². The van der Waals surface area contributed by atoms with E-state index in [-0.39, 0.29) is 17.4 Å². The van der Waals surface area contributed by atoms with Gasteiger partial charge in [0.25, 0.3) is 0 Å². The van der Waals surface area contributed by atoms with Gasteiger partial charge in [-0.2, -0.15) is 0 Å². The molecule has 3 heterocycles. The smallest absolute Gasteiger partial charge is 0.410 e. The van der Waals surface area contributed by atoms with Crippen molar-refractivity contribution in [3.63, 3.8) is 0 Å². The number of hydrogen-bond acceptors (Lipinski definition) is 7. The topological polar surface area (TPSA) is 98.7 Å². The Hall–Kier alpha value is -2.68. The molecule has 2 aliphatic heterocycles. The summed E-state index contributed by atoms with van der Waals surface area (Å²) in [4.78, 5) is 22.8. The number of rotatable bonds is 3. The Bertz CT molecular complexity index is 1130. The van der Waals surface area contributed by atoms with Gasteiger partial charge in [0.05, 0.1) is 5.75 Å². The van der Waals surface area contributed by atoms with Crippen LogP contribution in [0.2, 0.25) is 0 Å². The first-order valence-electron chi connectivity index (χ1n) is 11.2. The van der Waals surface area contributed by atoms with Crippen LogP contribution in [0.4, 0.5) is 4.79 Å². The normalized spacial score (nSPS) is 17.9. The molecule has 1 fully saturated rings. The standard InChI is InChI=1S/C24H31N3O5S/c1-23(2,3)32-22(28)27-11-9-24(10-12-27)8-7-18-13-19(5-6-20(18)31-24)21-25-14-17(15-26-21)16-33(4,29)30/h5-6,13-15H,7-12,16H2,1-4H3. The second-order valence-electron chi connectivity index (χ2n) is 10.1. The number of carbonyl (C=O) groups excluding carboxylic acids is 1. The fraction of sp³-hybridized carbons (Fsp3) is 0.542. The van der Waals surface area contributed by atoms with Gasteiger partial charge in [0.1, 0.15) is 17.0 Å². The summed E-state index contributed by atoms with van der Waals surface area (Å²) in [5.74, 6) is 1.35. The van der Waals surface area contributed by atoms with Crippen molar-refractivity contribution >= 4 is 15.9 Å². The number of sulfone groups is 1. The monoisotopic (exact) mass is 473 g/mol. The molecule has 0 atom stereocenters. The summed E-state index contributed by atoms with van der Waals surface area (Å²) in [5.41, 5.74) is 1.80. The van der Waals surface area contributed by atoms with Crippen LogP contribution in [0, 0.1) is 0 Å². The van der Waals surface area contributed by atoms with Crippen LogP contribution in [-0.4, -0.2) is 59.9 Å². The lowest BCUT2D eigenvalue weighted by Crippen LogP contribution is -2.52. The van der Waals surface area contributed by atoms with E-state index >= 15 is 0 Å². The number of ether oxygens (including phenoxy) is 2. The fourth-order valence-electron chi connectivity index (χ4n) is 4.32. The van der Waals surface area contributed by atoms with E-state index in [1.54, 1.807) is 17.3 Å². The Balaban J connectivity index is 1.41. The highest BCUT2D eigenvalue weighted by molar-refractivity contribution is 7.89. The summed E-state index contributed by atoms with van der Waals surface area (Å²) in [5, 5.41) is 0. The number of hydrogen-bond donors (Lipinski definition) is 0. The third-order valence-corrected chi connectivity index (χ3v) is 6.81. The van der Waals surface area contributed by atoms with Crippen LogP contribution in [-0.2, 0) is 26.7 Å². The molecule has 2 aliphatic rings. The molecule has 178 valence electrons. The molecule has 0 bridgehead atoms. The minimum Gasteiger partial charge on any atom is -0.487 e. The predicted molar refractivity (Wildman–Crippen MR) is 125 cm³/mol. The first-order valence-corrected chi connectivity index (χ1v) is 13.3. The van der Waals surface area contributed by atoms with Gasteiger partial charge in [0.2, 0.25) is 0 Å². The third kappa shape index (κ3) is 5.82. The molecule has 0 radical (unpaired) electrons. The molecule has 0 N–H and O–H groups in total. The number of benzene rings is 1. The van der Waals surface area contributed by atoms with E-state index in [2.05, 4.69) is 9.97 Å². The number of aromatic nitrogens is 2. The van der Waals surface area contributed by atoms with Crippen LogP contribution in [0.25, 0.3) is 11.4 Å². The fourth-order valence-corrected chi connectivity index (χ4v) is 5.07. The number of amides is 1. The van der Waals surface area contributed by atoms with Crippen molar-refractivity contribution in [1.29, 1.82) is 0 Å². The number of piperidine rings is 1. The maximum absolute atomic E-state index is 12.4. The van der Waals surface area contributed by atoms with Crippen LogP contribution in [0.15, 0.2) is 30.6 Å². The maximum atomic E-state index is 12.4. The Morgan fingerprint density at radius 1 is 1.15 bits per heavy atom. The predicted octanol–water partition coefficient (Wildman–Crippen LogP) is 3.78. The lowest BCUT2D eigenvalue weighted by atomic mass is 9.83. The third-order valence-electron chi connectivity index (χ3n) is 5.96. The van der Waals surface area contributed by atoms with Gasteiger partial charge in [-0.3, -0.25) is 0 Å². The number of fused-ring (bicyclic) bond motifs is 1. The van der Waals surface area contributed by atoms with E-state index in [0.717, 1.165) is 42.6 Å². The first kappa shape index (κ1) is 23.5. The van der Waals surface area contributed by atoms with E-state index < -0.39 is 15.4 Å². The van der Waals surface area contributed by atoms with E-state index in [1.165, 1.54) is 6.26 Å². The number of nitrogens with zero attached hydrogens (tertiary/aromatic N) is 3. The summed E-state index contributed by atoms with van der Waals surface area (Å²) in [6.45, 7) is 6.87. The Labute approximate surface area is 195 Å². The minimum absolute atomic E-state index is 0.0707. The largest absolute Gasteiger partial charge is 0.487 e. The highest BCUT2D eigenvalue weighted by Crippen LogP contribution is 2.40. The van der Waals surface area contributed by atoms with Crippen molar-refractivity contribution in [3.8, 4) is 17.1 Å². The molecule has 0 unspecified atom stereocenters. The van der Waals surface area contributed by atoms with Crippen molar-refractivity contribution in [2.24, 2.45) is 0 Å². The van der Waals surface area contributed by atoms with Crippen molar-refractivity contribution in [2.45, 2.75) is 63.4 Å². The van der Waals surface area contributed by atoms with Crippen molar-refractivity contribution in [3.05, 3.63) is 41.7 Å². The molecule has 0 saturated carbocycles. The average molecular weight is 474 g/mol. The summed E-state index contributed by atoms with van der Waals surface area (Å²) < 4.78 is 34.9. The summed E-state index contributed by atoms with van der Waals surface area (Å²) in [6, 6.07) is 5.93. The van der Waals surface area contributed by atoms with E-state index in [0.29, 0.717) is 24.5 Å². The highest BCUT2D eigenvalue weighted by atomic mass is 32.2. The second-order valence-corrected chi connectivity index (χ2v) is 12.2. The zero-order chi connectivity index (χ0) is 23.9. The van der Waals surface area contributed by atoms with E-state index in [1.807, 2.05) is 39.0 Å². The molecule has 4 rings (SSSR count). The Morgan fingerprint density at radius 2 is 1.82 bits per heavy atom. The van der Waals surface area contributed by atoms with Gasteiger partial charge in [-0.1, -0.05) is 0 Å². The minimum atomic E-state index is -3.12. The molecular formula is C24H31N3O5S. The molecule has 1 spiro atoms. The van der Waals surface area contributed by atoms with Crippen LogP contribution in [0.3, 0.4) is 0 Å². The molecule has 9 heteroatoms. The number of carbonyl (C=O) groups is 1. The van der Waals surface area contributed by atoms with Gasteiger partial charge in [-0.25, -0.2) is 23.2 Å². The van der Waals surface area contributed by atoms with Crippen molar-refractivity contribution in [1.82, 2.24) is 14.9 Å². The second kappa shape index (κ2) is 8.59. The summed E-state index contributed by atoms with van der Waals surface area (Å²) in [6.07, 6.45) is 7.37. The lowest BCUT2D eigenvalue weighted by Gasteiger charge is -2.44. The van der Waals surface area contributed by atoms with Crippen molar-refractivity contribution < 1.29 is 22.7 Å². The van der Waals surface area contributed by atoms with E-state index in [9.17, 15) is 13.2 Å².